The lowest BCUT2D eigenvalue weighted by molar-refractivity contribution is -0.0912. The number of hydrazine groups is 1. The normalized spacial score (nSPS) is 17.5. The van der Waals surface area contributed by atoms with Crippen molar-refractivity contribution in [1.29, 1.82) is 0 Å². The summed E-state index contributed by atoms with van der Waals surface area (Å²) < 4.78 is 37.9. The van der Waals surface area contributed by atoms with Crippen LogP contribution in [0.4, 0.5) is 13.2 Å². The summed E-state index contributed by atoms with van der Waals surface area (Å²) in [5.41, 5.74) is 2.51. The van der Waals surface area contributed by atoms with Gasteiger partial charge in [0.1, 0.15) is 0 Å². The zero-order chi connectivity index (χ0) is 17.0. The first-order chi connectivity index (χ1) is 10.8. The molecule has 1 saturated heterocycles. The van der Waals surface area contributed by atoms with Crippen molar-refractivity contribution in [2.24, 2.45) is 4.99 Å². The van der Waals surface area contributed by atoms with Crippen molar-refractivity contribution in [1.82, 2.24) is 10.4 Å². The van der Waals surface area contributed by atoms with Gasteiger partial charge in [-0.3, -0.25) is 14.8 Å². The fourth-order valence-corrected chi connectivity index (χ4v) is 3.08. The molecule has 1 aromatic rings. The summed E-state index contributed by atoms with van der Waals surface area (Å²) in [5, 5.41) is 1.55. The van der Waals surface area contributed by atoms with Crippen LogP contribution in [-0.2, 0) is 0 Å². The highest BCUT2D eigenvalue weighted by Crippen LogP contribution is 2.27. The van der Waals surface area contributed by atoms with E-state index in [0.717, 1.165) is 43.7 Å². The third kappa shape index (κ3) is 4.42. The molecule has 1 aliphatic rings. The van der Waals surface area contributed by atoms with Crippen molar-refractivity contribution >= 4 is 23.0 Å². The number of nitrogens with one attached hydrogen (secondary N) is 1. The predicted molar refractivity (Wildman–Crippen MR) is 84.9 cm³/mol. The van der Waals surface area contributed by atoms with E-state index in [0.29, 0.717) is 16.3 Å². The number of carbonyl (C=O) groups excluding carboxylic acids is 1. The van der Waals surface area contributed by atoms with Crippen LogP contribution in [0.5, 0.6) is 0 Å². The van der Waals surface area contributed by atoms with Crippen LogP contribution in [-0.4, -0.2) is 42.9 Å². The van der Waals surface area contributed by atoms with Crippen LogP contribution in [0.1, 0.15) is 34.3 Å². The molecule has 1 N–H and O–H groups in total. The van der Waals surface area contributed by atoms with E-state index in [9.17, 15) is 18.0 Å². The van der Waals surface area contributed by atoms with E-state index in [1.807, 2.05) is 0 Å². The summed E-state index contributed by atoms with van der Waals surface area (Å²) in [6.07, 6.45) is -1.43. The Balaban J connectivity index is 2.18. The van der Waals surface area contributed by atoms with Crippen LogP contribution >= 0.6 is 11.3 Å². The molecule has 8 heteroatoms. The molecular formula is C15H18F3N3OS. The highest BCUT2D eigenvalue weighted by Gasteiger charge is 2.30. The summed E-state index contributed by atoms with van der Waals surface area (Å²) in [5.74, 6) is -0.159. The van der Waals surface area contributed by atoms with Gasteiger partial charge in [0.05, 0.1) is 15.5 Å². The first-order valence-electron chi connectivity index (χ1n) is 7.21. The maximum atomic E-state index is 12.6. The minimum atomic E-state index is -4.39. The van der Waals surface area contributed by atoms with Crippen molar-refractivity contribution in [3.8, 4) is 0 Å². The second-order valence-corrected chi connectivity index (χ2v) is 6.25. The Morgan fingerprint density at radius 3 is 2.61 bits per heavy atom. The molecule has 2 heterocycles. The number of carbonyl (C=O) groups is 1. The van der Waals surface area contributed by atoms with Crippen molar-refractivity contribution < 1.29 is 18.0 Å². The van der Waals surface area contributed by atoms with E-state index in [1.165, 1.54) is 7.05 Å². The lowest BCUT2D eigenvalue weighted by Gasteiger charge is -2.27. The molecule has 0 bridgehead atoms. The SMILES string of the molecule is C/N=C(\C=C(/C)C(F)(F)F)c1ccc(C(=O)N2CCCCN2)s1. The minimum Gasteiger partial charge on any atom is -0.287 e. The average Bonchev–Trinajstić information content (AvgIpc) is 3.01. The third-order valence-corrected chi connectivity index (χ3v) is 4.56. The average molecular weight is 345 g/mol. The van der Waals surface area contributed by atoms with Gasteiger partial charge in [0.15, 0.2) is 0 Å². The molecule has 0 unspecified atom stereocenters. The molecule has 126 valence electrons. The molecule has 23 heavy (non-hydrogen) atoms. The number of nitrogens with zero attached hydrogens (tertiary/aromatic N) is 2. The molecule has 0 aromatic carbocycles. The van der Waals surface area contributed by atoms with Gasteiger partial charge in [-0.2, -0.15) is 13.2 Å². The number of thiophene rings is 1. The summed E-state index contributed by atoms with van der Waals surface area (Å²) in [6.45, 7) is 2.38. The van der Waals surface area contributed by atoms with Crippen LogP contribution in [0.25, 0.3) is 0 Å². The Morgan fingerprint density at radius 1 is 1.35 bits per heavy atom. The highest BCUT2D eigenvalue weighted by molar-refractivity contribution is 7.16. The second kappa shape index (κ2) is 7.27. The van der Waals surface area contributed by atoms with Crippen LogP contribution in [0.3, 0.4) is 0 Å². The van der Waals surface area contributed by atoms with E-state index in [-0.39, 0.29) is 11.6 Å². The summed E-state index contributed by atoms with van der Waals surface area (Å²) >= 11 is 1.15. The molecule has 1 fully saturated rings. The number of hydrogen-bond acceptors (Lipinski definition) is 4. The zero-order valence-corrected chi connectivity index (χ0v) is 13.7. The Morgan fingerprint density at radius 2 is 2.04 bits per heavy atom. The molecule has 0 radical (unpaired) electrons. The van der Waals surface area contributed by atoms with Gasteiger partial charge in [0.25, 0.3) is 5.91 Å². The molecule has 4 nitrogen and oxygen atoms in total. The first-order valence-corrected chi connectivity index (χ1v) is 8.02. The number of hydrogen-bond donors (Lipinski definition) is 1. The van der Waals surface area contributed by atoms with E-state index < -0.39 is 11.7 Å². The van der Waals surface area contributed by atoms with Gasteiger partial charge in [-0.25, -0.2) is 5.43 Å². The summed E-state index contributed by atoms with van der Waals surface area (Å²) in [4.78, 5) is 17.3. The third-order valence-electron chi connectivity index (χ3n) is 3.47. The molecule has 0 atom stereocenters. The molecule has 1 amide bonds. The zero-order valence-electron chi connectivity index (χ0n) is 12.9. The van der Waals surface area contributed by atoms with Crippen molar-refractivity contribution in [3.63, 3.8) is 0 Å². The summed E-state index contributed by atoms with van der Waals surface area (Å²) in [6, 6.07) is 3.25. The predicted octanol–water partition coefficient (Wildman–Crippen LogP) is 3.42. The molecule has 0 saturated carbocycles. The van der Waals surface area contributed by atoms with Crippen LogP contribution in [0, 0.1) is 0 Å². The fraction of sp³-hybridized carbons (Fsp3) is 0.467. The van der Waals surface area contributed by atoms with Crippen LogP contribution in [0.2, 0.25) is 0 Å². The maximum Gasteiger partial charge on any atom is 0.412 e. The van der Waals surface area contributed by atoms with Gasteiger partial charge in [-0.1, -0.05) is 0 Å². The van der Waals surface area contributed by atoms with E-state index >= 15 is 0 Å². The van der Waals surface area contributed by atoms with Gasteiger partial charge in [-0.05, 0) is 38.0 Å². The Hall–Kier alpha value is -1.67. The van der Waals surface area contributed by atoms with E-state index in [4.69, 9.17) is 0 Å². The molecule has 1 aliphatic heterocycles. The second-order valence-electron chi connectivity index (χ2n) is 5.17. The quantitative estimate of drug-likeness (QED) is 0.853. The monoisotopic (exact) mass is 345 g/mol. The van der Waals surface area contributed by atoms with Gasteiger partial charge in [0, 0.05) is 25.7 Å². The van der Waals surface area contributed by atoms with Crippen molar-refractivity contribution in [2.75, 3.05) is 20.1 Å². The molecular weight excluding hydrogens is 327 g/mol. The number of alkyl halides is 3. The standard InChI is InChI=1S/C15H18F3N3OS/c1-10(15(16,17)18)9-11(19-2)12-5-6-13(23-12)14(22)21-8-4-3-7-20-21/h5-6,9,20H,3-4,7-8H2,1-2H3/b10-9+,19-11+. The lowest BCUT2D eigenvalue weighted by Crippen LogP contribution is -2.46. The minimum absolute atomic E-state index is 0.159. The number of halogens is 3. The Bertz CT molecular complexity index is 628. The van der Waals surface area contributed by atoms with E-state index in [1.54, 1.807) is 17.1 Å². The molecule has 2 rings (SSSR count). The van der Waals surface area contributed by atoms with E-state index in [2.05, 4.69) is 10.4 Å². The number of rotatable bonds is 3. The topological polar surface area (TPSA) is 44.7 Å². The Kier molecular flexibility index (Phi) is 5.59. The van der Waals surface area contributed by atoms with Gasteiger partial charge < -0.3 is 0 Å². The molecule has 0 aliphatic carbocycles. The highest BCUT2D eigenvalue weighted by atomic mass is 32.1. The van der Waals surface area contributed by atoms with Gasteiger partial charge >= 0.3 is 6.18 Å². The molecule has 1 aromatic heterocycles. The van der Waals surface area contributed by atoms with Crippen molar-refractivity contribution in [3.05, 3.63) is 33.5 Å². The number of allylic oxidation sites excluding steroid dienone is 2. The molecule has 0 spiro atoms. The largest absolute Gasteiger partial charge is 0.412 e. The van der Waals surface area contributed by atoms with Gasteiger partial charge in [-0.15, -0.1) is 11.3 Å². The number of amides is 1. The number of aliphatic imine (C=N–C) groups is 1. The first kappa shape index (κ1) is 17.7. The maximum absolute atomic E-state index is 12.6. The van der Waals surface area contributed by atoms with Crippen LogP contribution in [0.15, 0.2) is 28.8 Å². The lowest BCUT2D eigenvalue weighted by atomic mass is 10.2. The van der Waals surface area contributed by atoms with Crippen LogP contribution < -0.4 is 5.43 Å². The summed E-state index contributed by atoms with van der Waals surface area (Å²) in [7, 11) is 1.43. The fourth-order valence-electron chi connectivity index (χ4n) is 2.12. The van der Waals surface area contributed by atoms with Crippen molar-refractivity contribution in [2.45, 2.75) is 25.9 Å². The Labute approximate surface area is 136 Å². The van der Waals surface area contributed by atoms with Gasteiger partial charge in [0.2, 0.25) is 0 Å². The smallest absolute Gasteiger partial charge is 0.287 e.